The number of aromatic nitrogens is 2. The summed E-state index contributed by atoms with van der Waals surface area (Å²) in [6.07, 6.45) is -0.801. The van der Waals surface area contributed by atoms with E-state index < -0.39 is 6.10 Å². The van der Waals surface area contributed by atoms with Crippen molar-refractivity contribution in [2.24, 2.45) is 0 Å². The molecule has 6 heteroatoms. The fourth-order valence-corrected chi connectivity index (χ4v) is 2.22. The van der Waals surface area contributed by atoms with Crippen LogP contribution in [-0.2, 0) is 0 Å². The smallest absolute Gasteiger partial charge is 0.258 e. The van der Waals surface area contributed by atoms with Crippen LogP contribution in [0.4, 0.5) is 5.69 Å². The lowest BCUT2D eigenvalue weighted by Crippen LogP contribution is -2.22. The van der Waals surface area contributed by atoms with Gasteiger partial charge in [0.1, 0.15) is 0 Å². The van der Waals surface area contributed by atoms with Gasteiger partial charge in [-0.1, -0.05) is 41.1 Å². The lowest BCUT2D eigenvalue weighted by atomic mass is 10.1. The molecule has 1 aromatic heterocycles. The molecular weight excluding hydrogens is 306 g/mol. The molecule has 0 aliphatic heterocycles. The van der Waals surface area contributed by atoms with Crippen LogP contribution < -0.4 is 5.32 Å². The highest BCUT2D eigenvalue weighted by Crippen LogP contribution is 2.24. The molecule has 0 aliphatic carbocycles. The van der Waals surface area contributed by atoms with Crippen LogP contribution in [0.15, 0.2) is 53.1 Å². The largest absolute Gasteiger partial charge is 0.394 e. The van der Waals surface area contributed by atoms with Crippen LogP contribution in [0.25, 0.3) is 22.8 Å². The van der Waals surface area contributed by atoms with E-state index in [-0.39, 0.29) is 13.2 Å². The number of nitrogens with one attached hydrogen (secondary N) is 1. The Morgan fingerprint density at radius 3 is 2.67 bits per heavy atom. The average Bonchev–Trinajstić information content (AvgIpc) is 3.10. The lowest BCUT2D eigenvalue weighted by Gasteiger charge is -2.10. The van der Waals surface area contributed by atoms with Crippen molar-refractivity contribution in [1.82, 2.24) is 10.1 Å². The highest BCUT2D eigenvalue weighted by Gasteiger charge is 2.11. The fourth-order valence-electron chi connectivity index (χ4n) is 2.22. The van der Waals surface area contributed by atoms with E-state index in [0.29, 0.717) is 11.7 Å². The number of rotatable bonds is 6. The number of hydrogen-bond acceptors (Lipinski definition) is 6. The molecule has 1 unspecified atom stereocenters. The molecule has 3 N–H and O–H groups in total. The third-order valence-corrected chi connectivity index (χ3v) is 3.60. The zero-order valence-electron chi connectivity index (χ0n) is 13.3. The molecule has 124 valence electrons. The third-order valence-electron chi connectivity index (χ3n) is 3.60. The Bertz CT molecular complexity index is 799. The normalized spacial score (nSPS) is 12.1. The predicted octanol–water partition coefficient (Wildman–Crippen LogP) is 2.48. The first-order chi connectivity index (χ1) is 11.7. The second-order valence-corrected chi connectivity index (χ2v) is 5.59. The van der Waals surface area contributed by atoms with Crippen molar-refractivity contribution in [2.45, 2.75) is 13.0 Å². The highest BCUT2D eigenvalue weighted by atomic mass is 16.5. The first-order valence-electron chi connectivity index (χ1n) is 7.69. The molecule has 0 saturated carbocycles. The zero-order chi connectivity index (χ0) is 16.9. The standard InChI is InChI=1S/C18H19N3O3/c1-12-5-7-13(8-6-12)17-20-18(24-21-17)14-3-2-4-15(9-14)19-10-16(23)11-22/h2-9,16,19,22-23H,10-11H2,1H3. The molecule has 0 spiro atoms. The van der Waals surface area contributed by atoms with Gasteiger partial charge in [-0.05, 0) is 25.1 Å². The third kappa shape index (κ3) is 3.79. The van der Waals surface area contributed by atoms with E-state index in [0.717, 1.165) is 16.8 Å². The second-order valence-electron chi connectivity index (χ2n) is 5.59. The summed E-state index contributed by atoms with van der Waals surface area (Å²) in [5.41, 5.74) is 3.65. The summed E-state index contributed by atoms with van der Waals surface area (Å²) in [6.45, 7) is 2.01. The Morgan fingerprint density at radius 2 is 1.92 bits per heavy atom. The summed E-state index contributed by atoms with van der Waals surface area (Å²) in [7, 11) is 0. The minimum Gasteiger partial charge on any atom is -0.394 e. The zero-order valence-corrected chi connectivity index (χ0v) is 13.3. The molecule has 0 amide bonds. The number of benzene rings is 2. The van der Waals surface area contributed by atoms with Gasteiger partial charge in [-0.25, -0.2) is 0 Å². The number of hydrogen-bond donors (Lipinski definition) is 3. The maximum Gasteiger partial charge on any atom is 0.258 e. The van der Waals surface area contributed by atoms with E-state index in [4.69, 9.17) is 9.63 Å². The number of aryl methyl sites for hydroxylation is 1. The summed E-state index contributed by atoms with van der Waals surface area (Å²) < 4.78 is 5.36. The second kappa shape index (κ2) is 7.25. The van der Waals surface area contributed by atoms with E-state index in [1.807, 2.05) is 55.5 Å². The Labute approximate surface area is 139 Å². The first-order valence-corrected chi connectivity index (χ1v) is 7.69. The van der Waals surface area contributed by atoms with Crippen LogP contribution in [0.2, 0.25) is 0 Å². The van der Waals surface area contributed by atoms with E-state index in [9.17, 15) is 5.11 Å². The molecule has 0 bridgehead atoms. The fraction of sp³-hybridized carbons (Fsp3) is 0.222. The molecule has 1 atom stereocenters. The first kappa shape index (κ1) is 16.2. The number of aliphatic hydroxyl groups is 2. The number of anilines is 1. The van der Waals surface area contributed by atoms with Crippen molar-refractivity contribution in [3.05, 3.63) is 54.1 Å². The maximum atomic E-state index is 9.40. The predicted molar refractivity (Wildman–Crippen MR) is 91.5 cm³/mol. The summed E-state index contributed by atoms with van der Waals surface area (Å²) in [6, 6.07) is 15.4. The summed E-state index contributed by atoms with van der Waals surface area (Å²) in [5, 5.41) is 25.3. The van der Waals surface area contributed by atoms with Gasteiger partial charge >= 0.3 is 0 Å². The molecular formula is C18H19N3O3. The average molecular weight is 325 g/mol. The van der Waals surface area contributed by atoms with Gasteiger partial charge in [0.15, 0.2) is 0 Å². The van der Waals surface area contributed by atoms with Gasteiger partial charge in [-0.15, -0.1) is 0 Å². The van der Waals surface area contributed by atoms with E-state index in [1.54, 1.807) is 0 Å². The molecule has 1 heterocycles. The summed E-state index contributed by atoms with van der Waals surface area (Å²) in [4.78, 5) is 4.44. The monoisotopic (exact) mass is 325 g/mol. The Kier molecular flexibility index (Phi) is 4.88. The van der Waals surface area contributed by atoms with Crippen molar-refractivity contribution >= 4 is 5.69 Å². The minimum absolute atomic E-state index is 0.262. The van der Waals surface area contributed by atoms with Crippen molar-refractivity contribution in [3.63, 3.8) is 0 Å². The maximum absolute atomic E-state index is 9.40. The number of aliphatic hydroxyl groups excluding tert-OH is 2. The van der Waals surface area contributed by atoms with Crippen molar-refractivity contribution in [3.8, 4) is 22.8 Å². The summed E-state index contributed by atoms with van der Waals surface area (Å²) >= 11 is 0. The minimum atomic E-state index is -0.801. The molecule has 0 radical (unpaired) electrons. The van der Waals surface area contributed by atoms with Crippen molar-refractivity contribution in [2.75, 3.05) is 18.5 Å². The van der Waals surface area contributed by atoms with Gasteiger partial charge in [-0.3, -0.25) is 0 Å². The van der Waals surface area contributed by atoms with Gasteiger partial charge in [-0.2, -0.15) is 4.98 Å². The molecule has 0 aliphatic rings. The Hall–Kier alpha value is -2.70. The molecule has 2 aromatic carbocycles. The van der Waals surface area contributed by atoms with Crippen LogP contribution in [-0.4, -0.2) is 39.6 Å². The molecule has 0 saturated heterocycles. The topological polar surface area (TPSA) is 91.4 Å². The van der Waals surface area contributed by atoms with Gasteiger partial charge < -0.3 is 20.1 Å². The number of nitrogens with zero attached hydrogens (tertiary/aromatic N) is 2. The van der Waals surface area contributed by atoms with Gasteiger partial charge in [0.2, 0.25) is 5.82 Å². The van der Waals surface area contributed by atoms with Crippen LogP contribution in [0, 0.1) is 6.92 Å². The highest BCUT2D eigenvalue weighted by molar-refractivity contribution is 5.64. The van der Waals surface area contributed by atoms with Crippen molar-refractivity contribution in [1.29, 1.82) is 0 Å². The molecule has 6 nitrogen and oxygen atoms in total. The van der Waals surface area contributed by atoms with Crippen LogP contribution in [0.5, 0.6) is 0 Å². The van der Waals surface area contributed by atoms with Crippen LogP contribution >= 0.6 is 0 Å². The van der Waals surface area contributed by atoms with Crippen LogP contribution in [0.3, 0.4) is 0 Å². The van der Waals surface area contributed by atoms with Crippen LogP contribution in [0.1, 0.15) is 5.56 Å². The van der Waals surface area contributed by atoms with Gasteiger partial charge in [0, 0.05) is 23.4 Å². The Morgan fingerprint density at radius 1 is 1.12 bits per heavy atom. The van der Waals surface area contributed by atoms with E-state index in [1.165, 1.54) is 5.56 Å². The SMILES string of the molecule is Cc1ccc(-c2noc(-c3cccc(NCC(O)CO)c3)n2)cc1. The van der Waals surface area contributed by atoms with Crippen molar-refractivity contribution < 1.29 is 14.7 Å². The van der Waals surface area contributed by atoms with Gasteiger partial charge in [0.05, 0.1) is 12.7 Å². The molecule has 3 aromatic rings. The molecule has 0 fully saturated rings. The lowest BCUT2D eigenvalue weighted by molar-refractivity contribution is 0.105. The quantitative estimate of drug-likeness (QED) is 0.645. The Balaban J connectivity index is 1.78. The van der Waals surface area contributed by atoms with Gasteiger partial charge in [0.25, 0.3) is 5.89 Å². The molecule has 3 rings (SSSR count). The van der Waals surface area contributed by atoms with E-state index in [2.05, 4.69) is 15.5 Å². The van der Waals surface area contributed by atoms with E-state index >= 15 is 0 Å². The summed E-state index contributed by atoms with van der Waals surface area (Å²) in [5.74, 6) is 0.969. The molecule has 24 heavy (non-hydrogen) atoms.